The van der Waals surface area contributed by atoms with Crippen LogP contribution in [0.15, 0.2) is 60.7 Å². The number of ether oxygens (including phenoxy) is 3. The SMILES string of the molecule is CC(C)=O.CCC(=O)CC.CCC(C)=O.CCCCOC(C)=O.COc1ccccc1.COc1ccccc1.ClCCl.O=C1CCCC1. The summed E-state index contributed by atoms with van der Waals surface area (Å²) in [6.07, 6.45) is 8.07. The summed E-state index contributed by atoms with van der Waals surface area (Å²) in [6.45, 7) is 14.3. The normalized spacial score (nSPS) is 9.88. The van der Waals surface area contributed by atoms with E-state index in [9.17, 15) is 24.0 Å². The van der Waals surface area contributed by atoms with Crippen LogP contribution in [-0.2, 0) is 28.7 Å². The molecule has 0 saturated heterocycles. The smallest absolute Gasteiger partial charge is 0.302 e. The lowest BCUT2D eigenvalue weighted by atomic mass is 10.3. The fourth-order valence-corrected chi connectivity index (χ4v) is 2.49. The van der Waals surface area contributed by atoms with Crippen molar-refractivity contribution in [1.29, 1.82) is 0 Å². The summed E-state index contributed by atoms with van der Waals surface area (Å²) in [4.78, 5) is 49.8. The number of unbranched alkanes of at least 4 members (excludes halogenated alkanes) is 1. The third-order valence-corrected chi connectivity index (χ3v) is 5.21. The molecule has 1 aliphatic rings. The van der Waals surface area contributed by atoms with E-state index in [4.69, 9.17) is 32.7 Å². The van der Waals surface area contributed by atoms with Crippen LogP contribution in [-0.4, -0.2) is 55.3 Å². The summed E-state index contributed by atoms with van der Waals surface area (Å²) < 4.78 is 14.5. The summed E-state index contributed by atoms with van der Waals surface area (Å²) in [6, 6.07) is 19.4. The Bertz CT molecular complexity index is 941. The molecular weight excluding hydrogens is 655 g/mol. The lowest BCUT2D eigenvalue weighted by Crippen LogP contribution is -1.99. The average Bonchev–Trinajstić information content (AvgIpc) is 3.57. The van der Waals surface area contributed by atoms with E-state index in [-0.39, 0.29) is 22.9 Å². The zero-order valence-corrected chi connectivity index (χ0v) is 32.6. The van der Waals surface area contributed by atoms with Gasteiger partial charge in [-0.25, -0.2) is 0 Å². The molecule has 0 bridgehead atoms. The minimum absolute atomic E-state index is 0.167. The summed E-state index contributed by atoms with van der Waals surface area (Å²) in [5.41, 5.74) is 0. The maximum absolute atomic E-state index is 10.2. The van der Waals surface area contributed by atoms with Gasteiger partial charge in [-0.2, -0.15) is 0 Å². The van der Waals surface area contributed by atoms with E-state index in [1.54, 1.807) is 21.1 Å². The van der Waals surface area contributed by atoms with Crippen LogP contribution in [0.4, 0.5) is 0 Å². The number of benzene rings is 2. The Morgan fingerprint density at radius 3 is 1.15 bits per heavy atom. The molecule has 48 heavy (non-hydrogen) atoms. The van der Waals surface area contributed by atoms with Crippen LogP contribution in [0.2, 0.25) is 0 Å². The average molecular weight is 718 g/mol. The standard InChI is InChI=1S/2C7H8O.C6H12O2.C5H8O.C5H10O.C4H8O.C3H6O.CH2Cl2/c2*1-8-7-5-3-2-4-6-7;1-3-4-5-8-6(2)7;6-5-3-1-2-4-5;1-3-5(6)4-2;1-3-4(2)5;1-3(2)4;2-1-3/h2*2-6H,1H3;3-5H2,1-2H3;1-4H2;3-4H2,1-2H3;3H2,1-2H3;1-2H3;1H2. The van der Waals surface area contributed by atoms with E-state index >= 15 is 0 Å². The molecule has 2 aromatic carbocycles. The topological polar surface area (TPSA) is 113 Å². The highest BCUT2D eigenvalue weighted by molar-refractivity contribution is 6.40. The van der Waals surface area contributed by atoms with Crippen LogP contribution < -0.4 is 9.47 Å². The molecule has 8 nitrogen and oxygen atoms in total. The Labute approximate surface area is 301 Å². The molecule has 1 aliphatic carbocycles. The van der Waals surface area contributed by atoms with Gasteiger partial charge < -0.3 is 23.8 Å². The first-order valence-corrected chi connectivity index (χ1v) is 17.3. The highest BCUT2D eigenvalue weighted by atomic mass is 35.5. The lowest BCUT2D eigenvalue weighted by Gasteiger charge is -1.96. The fourth-order valence-electron chi connectivity index (χ4n) is 2.49. The van der Waals surface area contributed by atoms with Gasteiger partial charge in [0.05, 0.1) is 26.2 Å². The van der Waals surface area contributed by atoms with Gasteiger partial charge in [0, 0.05) is 39.0 Å². The highest BCUT2D eigenvalue weighted by Gasteiger charge is 2.07. The van der Waals surface area contributed by atoms with E-state index in [0.29, 0.717) is 37.4 Å². The van der Waals surface area contributed by atoms with Gasteiger partial charge in [-0.15, -0.1) is 23.2 Å². The molecular formula is C38H62Cl2O8. The minimum Gasteiger partial charge on any atom is -0.497 e. The highest BCUT2D eigenvalue weighted by Crippen LogP contribution is 2.11. The number of Topliss-reactive ketones (excluding diaryl/α,β-unsaturated/α-hetero) is 4. The van der Waals surface area contributed by atoms with Gasteiger partial charge in [0.1, 0.15) is 34.6 Å². The van der Waals surface area contributed by atoms with Crippen molar-refractivity contribution in [2.75, 3.05) is 26.2 Å². The first kappa shape index (κ1) is 54.2. The van der Waals surface area contributed by atoms with E-state index in [2.05, 4.69) is 11.7 Å². The molecule has 276 valence electrons. The number of alkyl halides is 2. The maximum atomic E-state index is 10.2. The number of carbonyl (C=O) groups excluding carboxylic acids is 5. The quantitative estimate of drug-likeness (QED) is 0.151. The number of rotatable bonds is 8. The van der Waals surface area contributed by atoms with Gasteiger partial charge in [0.25, 0.3) is 0 Å². The van der Waals surface area contributed by atoms with Crippen LogP contribution in [0.1, 0.15) is 113 Å². The third-order valence-electron chi connectivity index (χ3n) is 5.21. The number of hydrogen-bond acceptors (Lipinski definition) is 8. The number of carbonyl (C=O) groups is 5. The number of methoxy groups -OCH3 is 2. The van der Waals surface area contributed by atoms with Crippen molar-refractivity contribution in [3.8, 4) is 11.5 Å². The molecule has 3 rings (SSSR count). The van der Waals surface area contributed by atoms with Crippen LogP contribution in [0.25, 0.3) is 0 Å². The van der Waals surface area contributed by atoms with Gasteiger partial charge >= 0.3 is 5.97 Å². The summed E-state index contributed by atoms with van der Waals surface area (Å²) in [5, 5.41) is 0.194. The van der Waals surface area contributed by atoms with Crippen LogP contribution >= 0.6 is 23.2 Å². The van der Waals surface area contributed by atoms with Crippen molar-refractivity contribution >= 4 is 52.3 Å². The molecule has 1 saturated carbocycles. The van der Waals surface area contributed by atoms with Crippen molar-refractivity contribution in [3.63, 3.8) is 0 Å². The molecule has 2 aromatic rings. The van der Waals surface area contributed by atoms with Gasteiger partial charge in [-0.3, -0.25) is 14.4 Å². The van der Waals surface area contributed by atoms with Crippen molar-refractivity contribution in [2.24, 2.45) is 0 Å². The lowest BCUT2D eigenvalue weighted by molar-refractivity contribution is -0.141. The van der Waals surface area contributed by atoms with Gasteiger partial charge in [0.15, 0.2) is 0 Å². The van der Waals surface area contributed by atoms with Crippen molar-refractivity contribution in [1.82, 2.24) is 0 Å². The van der Waals surface area contributed by atoms with Crippen molar-refractivity contribution in [3.05, 3.63) is 60.7 Å². The first-order chi connectivity index (χ1) is 22.8. The summed E-state index contributed by atoms with van der Waals surface area (Å²) in [7, 11) is 3.32. The van der Waals surface area contributed by atoms with E-state index in [1.165, 1.54) is 20.8 Å². The van der Waals surface area contributed by atoms with Gasteiger partial charge in [-0.1, -0.05) is 70.5 Å². The molecule has 0 unspecified atom stereocenters. The Morgan fingerprint density at radius 1 is 0.667 bits per heavy atom. The van der Waals surface area contributed by atoms with Gasteiger partial charge in [0.2, 0.25) is 0 Å². The van der Waals surface area contributed by atoms with Crippen LogP contribution in [0.5, 0.6) is 11.5 Å². The van der Waals surface area contributed by atoms with Crippen LogP contribution in [0, 0.1) is 0 Å². The summed E-state index contributed by atoms with van der Waals surface area (Å²) >= 11 is 9.53. The maximum Gasteiger partial charge on any atom is 0.302 e. The number of esters is 1. The molecule has 1 fully saturated rings. The molecule has 0 spiro atoms. The number of hydrogen-bond donors (Lipinski definition) is 0. The Morgan fingerprint density at radius 2 is 1.00 bits per heavy atom. The molecule has 10 heteroatoms. The molecule has 0 aromatic heterocycles. The Hall–Kier alpha value is -3.23. The Kier molecular flexibility index (Phi) is 51.8. The van der Waals surface area contributed by atoms with Gasteiger partial charge in [-0.05, 0) is 64.3 Å². The fraction of sp³-hybridized carbons (Fsp3) is 0.553. The third kappa shape index (κ3) is 61.7. The minimum atomic E-state index is -0.182. The largest absolute Gasteiger partial charge is 0.497 e. The predicted octanol–water partition coefficient (Wildman–Crippen LogP) is 10.2. The predicted molar refractivity (Wildman–Crippen MR) is 200 cm³/mol. The van der Waals surface area contributed by atoms with Crippen molar-refractivity contribution in [2.45, 2.75) is 113 Å². The molecule has 0 N–H and O–H groups in total. The molecule has 0 heterocycles. The number of ketones is 4. The monoisotopic (exact) mass is 716 g/mol. The second-order valence-corrected chi connectivity index (χ2v) is 10.6. The molecule has 0 amide bonds. The van der Waals surface area contributed by atoms with E-state index < -0.39 is 0 Å². The Balaban J connectivity index is -0.000000149. The molecule has 0 aliphatic heterocycles. The first-order valence-electron chi connectivity index (χ1n) is 16.2. The number of halogens is 2. The van der Waals surface area contributed by atoms with Crippen molar-refractivity contribution < 1.29 is 38.2 Å². The second-order valence-electron chi connectivity index (χ2n) is 9.78. The van der Waals surface area contributed by atoms with E-state index in [1.807, 2.05) is 81.4 Å². The zero-order valence-electron chi connectivity index (χ0n) is 31.1. The zero-order chi connectivity index (χ0) is 38.0. The molecule has 0 atom stereocenters. The molecule has 0 radical (unpaired) electrons. The van der Waals surface area contributed by atoms with E-state index in [0.717, 1.165) is 50.0 Å². The summed E-state index contributed by atoms with van der Waals surface area (Å²) in [5.74, 6) is 2.86. The van der Waals surface area contributed by atoms with Crippen LogP contribution in [0.3, 0.4) is 0 Å². The second kappa shape index (κ2) is 45.9. The number of para-hydroxylation sites is 2.